The van der Waals surface area contributed by atoms with Crippen LogP contribution in [-0.2, 0) is 19.3 Å². The number of sulfonamides is 1. The standard InChI is InChI=1S/C20H22N2O5S/c1-16-7-5-6-10-18(16)28(24,25)22-14-20(15-22)13-21(19(23)27-20)11-12-26-17-8-3-2-4-9-17/h2-10H,11-15H2,1H3. The first kappa shape index (κ1) is 18.9. The Morgan fingerprint density at radius 1 is 1.11 bits per heavy atom. The van der Waals surface area contributed by atoms with Crippen molar-refractivity contribution < 1.29 is 23.0 Å². The highest BCUT2D eigenvalue weighted by Crippen LogP contribution is 2.38. The van der Waals surface area contributed by atoms with Crippen molar-refractivity contribution >= 4 is 16.5 Å². The lowest BCUT2D eigenvalue weighted by molar-refractivity contribution is -0.0369. The van der Waals surface area contributed by atoms with Gasteiger partial charge in [0.15, 0.2) is 20.9 Å². The highest BCUT2D eigenvalue weighted by atomic mass is 32.3. The molecule has 1 spiro atoms. The van der Waals surface area contributed by atoms with Crippen LogP contribution >= 0.6 is 0 Å². The molecular formula is C20H22N2O5S. The van der Waals surface area contributed by atoms with Crippen LogP contribution in [0.3, 0.4) is 0 Å². The smallest absolute Gasteiger partial charge is 0.410 e. The van der Waals surface area contributed by atoms with E-state index in [2.05, 4.69) is 0 Å². The maximum Gasteiger partial charge on any atom is 0.410 e. The normalized spacial score (nSPS) is 20.5. The Morgan fingerprint density at radius 3 is 2.50 bits per heavy atom. The summed E-state index contributed by atoms with van der Waals surface area (Å²) < 4.78 is 38.1. The lowest BCUT2D eigenvalue weighted by atomic mass is 9.97. The zero-order chi connectivity index (χ0) is 19.8. The number of ether oxygens (including phenoxy) is 2. The van der Waals surface area contributed by atoms with Gasteiger partial charge in [-0.25, -0.2) is 4.79 Å². The number of rotatable bonds is 6. The summed E-state index contributed by atoms with van der Waals surface area (Å²) in [7, 11) is -3.59. The molecule has 2 saturated heterocycles. The zero-order valence-corrected chi connectivity index (χ0v) is 16.4. The predicted octanol–water partition coefficient (Wildman–Crippen LogP) is 2.48. The van der Waals surface area contributed by atoms with Gasteiger partial charge in [-0.15, -0.1) is 4.31 Å². The number of amides is 1. The first-order valence-electron chi connectivity index (χ1n) is 9.11. The van der Waals surface area contributed by atoms with Crippen LogP contribution in [0.4, 0.5) is 4.79 Å². The molecule has 8 heteroatoms. The highest BCUT2D eigenvalue weighted by molar-refractivity contribution is 7.95. The van der Waals surface area contributed by atoms with E-state index in [0.717, 1.165) is 5.75 Å². The highest BCUT2D eigenvalue weighted by Gasteiger charge is 2.59. The van der Waals surface area contributed by atoms with Crippen LogP contribution in [-0.4, -0.2) is 58.2 Å². The molecule has 1 amide bonds. The molecule has 0 aliphatic carbocycles. The van der Waals surface area contributed by atoms with E-state index >= 15 is 0 Å². The van der Waals surface area contributed by atoms with Crippen LogP contribution in [0.5, 0.6) is 5.75 Å². The largest absolute Gasteiger partial charge is 0.593 e. The molecule has 0 saturated carbocycles. The van der Waals surface area contributed by atoms with Gasteiger partial charge in [-0.05, 0) is 25.1 Å². The van der Waals surface area contributed by atoms with Crippen molar-refractivity contribution in [1.29, 1.82) is 0 Å². The third-order valence-corrected chi connectivity index (χ3v) is 7.01. The van der Waals surface area contributed by atoms with Gasteiger partial charge in [0.1, 0.15) is 12.4 Å². The average Bonchev–Trinajstić information content (AvgIpc) is 2.99. The van der Waals surface area contributed by atoms with Crippen molar-refractivity contribution in [3.63, 3.8) is 0 Å². The second-order valence-electron chi connectivity index (χ2n) is 7.17. The summed E-state index contributed by atoms with van der Waals surface area (Å²) in [6.45, 7) is 3.22. The molecule has 2 aliphatic heterocycles. The van der Waals surface area contributed by atoms with Gasteiger partial charge in [-0.2, -0.15) is 0 Å². The molecule has 0 radical (unpaired) electrons. The number of carbonyl (C=O) groups excluding carboxylic acids is 1. The van der Waals surface area contributed by atoms with Crippen molar-refractivity contribution in [2.45, 2.75) is 17.4 Å². The fourth-order valence-electron chi connectivity index (χ4n) is 3.57. The molecule has 1 atom stereocenters. The van der Waals surface area contributed by atoms with E-state index in [1.807, 2.05) is 30.3 Å². The Hall–Kier alpha value is -2.42. The summed E-state index contributed by atoms with van der Waals surface area (Å²) in [6.07, 6.45) is -0.426. The molecule has 4 rings (SSSR count). The fraction of sp³-hybridized carbons (Fsp3) is 0.350. The van der Waals surface area contributed by atoms with E-state index in [1.54, 1.807) is 36.1 Å². The van der Waals surface area contributed by atoms with Gasteiger partial charge < -0.3 is 18.9 Å². The number of benzene rings is 2. The summed E-state index contributed by atoms with van der Waals surface area (Å²) in [6, 6.07) is 16.3. The molecular weight excluding hydrogens is 380 g/mol. The van der Waals surface area contributed by atoms with Crippen LogP contribution in [0.2, 0.25) is 0 Å². The number of carbonyl (C=O) groups is 1. The van der Waals surface area contributed by atoms with Crippen LogP contribution in [0.1, 0.15) is 5.56 Å². The molecule has 7 nitrogen and oxygen atoms in total. The number of nitrogens with zero attached hydrogens (tertiary/aromatic N) is 2. The Bertz CT molecular complexity index is 914. The number of para-hydroxylation sites is 1. The minimum atomic E-state index is -3.59. The maximum absolute atomic E-state index is 12.8. The van der Waals surface area contributed by atoms with Gasteiger partial charge in [-0.3, -0.25) is 0 Å². The molecule has 2 aromatic carbocycles. The first-order chi connectivity index (χ1) is 13.4. The van der Waals surface area contributed by atoms with Crippen molar-refractivity contribution in [3.05, 3.63) is 60.2 Å². The molecule has 1 unspecified atom stereocenters. The van der Waals surface area contributed by atoms with Crippen molar-refractivity contribution in [2.75, 3.05) is 32.8 Å². The van der Waals surface area contributed by atoms with Gasteiger partial charge in [0, 0.05) is 5.56 Å². The Kier molecular flexibility index (Phi) is 4.86. The van der Waals surface area contributed by atoms with Crippen LogP contribution in [0.15, 0.2) is 59.5 Å². The minimum Gasteiger partial charge on any atom is -0.593 e. The third-order valence-electron chi connectivity index (χ3n) is 5.05. The van der Waals surface area contributed by atoms with Crippen LogP contribution < -0.4 is 4.74 Å². The third kappa shape index (κ3) is 3.50. The molecule has 2 heterocycles. The van der Waals surface area contributed by atoms with E-state index in [4.69, 9.17) is 9.47 Å². The average molecular weight is 402 g/mol. The van der Waals surface area contributed by atoms with Gasteiger partial charge >= 0.3 is 6.09 Å². The molecule has 2 aromatic rings. The number of hydrogen-bond acceptors (Lipinski definition) is 5. The summed E-state index contributed by atoms with van der Waals surface area (Å²) in [4.78, 5) is 14.0. The van der Waals surface area contributed by atoms with E-state index in [9.17, 15) is 13.6 Å². The second kappa shape index (κ2) is 7.20. The minimum absolute atomic E-state index is 0.172. The van der Waals surface area contributed by atoms with Crippen LogP contribution in [0.25, 0.3) is 0 Å². The van der Waals surface area contributed by atoms with Gasteiger partial charge in [0.25, 0.3) is 0 Å². The van der Waals surface area contributed by atoms with Crippen molar-refractivity contribution in [1.82, 2.24) is 9.21 Å². The van der Waals surface area contributed by atoms with E-state index < -0.39 is 22.1 Å². The molecule has 28 heavy (non-hydrogen) atoms. The van der Waals surface area contributed by atoms with Gasteiger partial charge in [-0.1, -0.05) is 40.6 Å². The first-order valence-corrected chi connectivity index (χ1v) is 10.6. The lowest BCUT2D eigenvalue weighted by Gasteiger charge is -2.45. The zero-order valence-electron chi connectivity index (χ0n) is 15.6. The topological polar surface area (TPSA) is 82.1 Å². The summed E-state index contributed by atoms with van der Waals surface area (Å²) in [5, 5.41) is 0. The molecule has 0 bridgehead atoms. The quantitative estimate of drug-likeness (QED) is 0.694. The molecule has 0 aromatic heterocycles. The Labute approximate surface area is 165 Å². The van der Waals surface area contributed by atoms with Gasteiger partial charge in [0.05, 0.1) is 26.2 Å². The monoisotopic (exact) mass is 402 g/mol. The SMILES string of the molecule is Cc1ccccc1[S+](=O)([O-])N1CC2(CN(CCOc3ccccc3)C(=O)O2)C1. The van der Waals surface area contributed by atoms with Crippen LogP contribution in [0, 0.1) is 6.92 Å². The summed E-state index contributed by atoms with van der Waals surface area (Å²) >= 11 is 0. The molecule has 2 fully saturated rings. The second-order valence-corrected chi connectivity index (χ2v) is 9.08. The van der Waals surface area contributed by atoms with E-state index in [1.165, 1.54) is 4.31 Å². The number of hydrogen-bond donors (Lipinski definition) is 0. The van der Waals surface area contributed by atoms with Gasteiger partial charge in [0.2, 0.25) is 0 Å². The summed E-state index contributed by atoms with van der Waals surface area (Å²) in [5.41, 5.74) is -0.0638. The molecule has 2 aliphatic rings. The Balaban J connectivity index is 1.34. The van der Waals surface area contributed by atoms with Crippen molar-refractivity contribution in [3.8, 4) is 5.75 Å². The lowest BCUT2D eigenvalue weighted by Crippen LogP contribution is -2.66. The summed E-state index contributed by atoms with van der Waals surface area (Å²) in [5.74, 6) is 0.740. The van der Waals surface area contributed by atoms with Crippen molar-refractivity contribution in [2.24, 2.45) is 0 Å². The predicted molar refractivity (Wildman–Crippen MR) is 103 cm³/mol. The van der Waals surface area contributed by atoms with E-state index in [-0.39, 0.29) is 13.1 Å². The molecule has 0 N–H and O–H groups in total. The Morgan fingerprint density at radius 2 is 1.79 bits per heavy atom. The number of aryl methyl sites for hydroxylation is 1. The maximum atomic E-state index is 12.8. The fourth-order valence-corrected chi connectivity index (χ4v) is 5.39. The van der Waals surface area contributed by atoms with E-state index in [0.29, 0.717) is 30.2 Å². The molecule has 148 valence electrons.